The fraction of sp³-hybridized carbons (Fsp3) is 0.176. The number of rotatable bonds is 4. The van der Waals surface area contributed by atoms with E-state index in [1.165, 1.54) is 0 Å². The highest BCUT2D eigenvalue weighted by atomic mass is 79.9. The SMILES string of the molecule is CCN(Cc1cnc2ccccn12)C(=O)c1cccc(Br)c1. The van der Waals surface area contributed by atoms with Crippen molar-refractivity contribution in [2.75, 3.05) is 6.54 Å². The van der Waals surface area contributed by atoms with Crippen LogP contribution in [-0.2, 0) is 6.54 Å². The molecule has 3 rings (SSSR count). The quantitative estimate of drug-likeness (QED) is 0.712. The Morgan fingerprint density at radius 1 is 1.27 bits per heavy atom. The van der Waals surface area contributed by atoms with E-state index in [0.29, 0.717) is 18.7 Å². The van der Waals surface area contributed by atoms with Crippen LogP contribution in [-0.4, -0.2) is 26.7 Å². The predicted molar refractivity (Wildman–Crippen MR) is 89.7 cm³/mol. The molecule has 2 heterocycles. The molecule has 22 heavy (non-hydrogen) atoms. The molecule has 0 N–H and O–H groups in total. The Morgan fingerprint density at radius 2 is 2.14 bits per heavy atom. The molecule has 2 aromatic heterocycles. The highest BCUT2D eigenvalue weighted by Gasteiger charge is 2.16. The fourth-order valence-corrected chi connectivity index (χ4v) is 2.83. The van der Waals surface area contributed by atoms with E-state index in [9.17, 15) is 4.79 Å². The molecule has 0 spiro atoms. The first-order valence-corrected chi connectivity index (χ1v) is 7.94. The van der Waals surface area contributed by atoms with Gasteiger partial charge in [0.1, 0.15) is 5.65 Å². The van der Waals surface area contributed by atoms with Crippen LogP contribution in [0.5, 0.6) is 0 Å². The molecule has 1 amide bonds. The van der Waals surface area contributed by atoms with E-state index < -0.39 is 0 Å². The number of amides is 1. The van der Waals surface area contributed by atoms with Crippen LogP contribution < -0.4 is 0 Å². The second-order valence-corrected chi connectivity index (χ2v) is 5.92. The van der Waals surface area contributed by atoms with Crippen molar-refractivity contribution in [3.05, 3.63) is 70.6 Å². The van der Waals surface area contributed by atoms with Gasteiger partial charge in [-0.1, -0.05) is 28.1 Å². The van der Waals surface area contributed by atoms with Gasteiger partial charge < -0.3 is 9.30 Å². The molecule has 0 unspecified atom stereocenters. The molecule has 3 aromatic rings. The van der Waals surface area contributed by atoms with Crippen LogP contribution in [0.15, 0.2) is 59.3 Å². The Hall–Kier alpha value is -2.14. The predicted octanol–water partition coefficient (Wildman–Crippen LogP) is 3.76. The van der Waals surface area contributed by atoms with Crippen LogP contribution in [0.2, 0.25) is 0 Å². The zero-order valence-electron chi connectivity index (χ0n) is 12.2. The molecule has 0 aliphatic rings. The fourth-order valence-electron chi connectivity index (χ4n) is 2.43. The zero-order valence-corrected chi connectivity index (χ0v) is 13.8. The number of hydrogen-bond donors (Lipinski definition) is 0. The normalized spacial score (nSPS) is 10.8. The van der Waals surface area contributed by atoms with Crippen LogP contribution in [0, 0.1) is 0 Å². The summed E-state index contributed by atoms with van der Waals surface area (Å²) in [7, 11) is 0. The van der Waals surface area contributed by atoms with Gasteiger partial charge in [-0.05, 0) is 37.3 Å². The number of pyridine rings is 1. The van der Waals surface area contributed by atoms with E-state index >= 15 is 0 Å². The van der Waals surface area contributed by atoms with Gasteiger partial charge >= 0.3 is 0 Å². The Balaban J connectivity index is 1.87. The van der Waals surface area contributed by atoms with Crippen LogP contribution in [0.25, 0.3) is 5.65 Å². The van der Waals surface area contributed by atoms with Gasteiger partial charge in [-0.15, -0.1) is 0 Å². The smallest absolute Gasteiger partial charge is 0.254 e. The summed E-state index contributed by atoms with van der Waals surface area (Å²) in [5, 5.41) is 0. The number of carbonyl (C=O) groups is 1. The molecule has 1 aromatic carbocycles. The summed E-state index contributed by atoms with van der Waals surface area (Å²) in [5.74, 6) is 0.0229. The van der Waals surface area contributed by atoms with E-state index in [4.69, 9.17) is 0 Å². The van der Waals surface area contributed by atoms with Crippen molar-refractivity contribution in [3.63, 3.8) is 0 Å². The summed E-state index contributed by atoms with van der Waals surface area (Å²) < 4.78 is 2.92. The van der Waals surface area contributed by atoms with Gasteiger partial charge in [-0.25, -0.2) is 4.98 Å². The van der Waals surface area contributed by atoms with Crippen molar-refractivity contribution in [2.45, 2.75) is 13.5 Å². The van der Waals surface area contributed by atoms with Crippen molar-refractivity contribution in [1.82, 2.24) is 14.3 Å². The first-order valence-electron chi connectivity index (χ1n) is 7.15. The van der Waals surface area contributed by atoms with Crippen molar-refractivity contribution in [2.24, 2.45) is 0 Å². The van der Waals surface area contributed by atoms with Gasteiger partial charge in [0.2, 0.25) is 0 Å². The lowest BCUT2D eigenvalue weighted by Gasteiger charge is -2.20. The lowest BCUT2D eigenvalue weighted by atomic mass is 10.2. The summed E-state index contributed by atoms with van der Waals surface area (Å²) >= 11 is 3.41. The van der Waals surface area contributed by atoms with E-state index in [-0.39, 0.29) is 5.91 Å². The Bertz CT molecular complexity index is 812. The number of fused-ring (bicyclic) bond motifs is 1. The van der Waals surface area contributed by atoms with Crippen LogP contribution >= 0.6 is 15.9 Å². The van der Waals surface area contributed by atoms with E-state index in [2.05, 4.69) is 20.9 Å². The van der Waals surface area contributed by atoms with Gasteiger partial charge in [0.05, 0.1) is 18.4 Å². The molecule has 0 atom stereocenters. The summed E-state index contributed by atoms with van der Waals surface area (Å²) in [6.45, 7) is 3.16. The number of nitrogens with zero attached hydrogens (tertiary/aromatic N) is 3. The molecule has 0 aliphatic carbocycles. The minimum Gasteiger partial charge on any atom is -0.333 e. The first kappa shape index (κ1) is 14.8. The first-order chi connectivity index (χ1) is 10.7. The third-order valence-electron chi connectivity index (χ3n) is 3.59. The molecule has 5 heteroatoms. The van der Waals surface area contributed by atoms with Crippen molar-refractivity contribution < 1.29 is 4.79 Å². The highest BCUT2D eigenvalue weighted by molar-refractivity contribution is 9.10. The topological polar surface area (TPSA) is 37.6 Å². The Kier molecular flexibility index (Phi) is 4.24. The number of aromatic nitrogens is 2. The maximum atomic E-state index is 12.7. The second-order valence-electron chi connectivity index (χ2n) is 5.01. The Morgan fingerprint density at radius 3 is 2.91 bits per heavy atom. The third kappa shape index (κ3) is 2.90. The summed E-state index contributed by atoms with van der Waals surface area (Å²) in [4.78, 5) is 18.9. The minimum atomic E-state index is 0.0229. The third-order valence-corrected chi connectivity index (χ3v) is 4.08. The van der Waals surface area contributed by atoms with E-state index in [1.807, 2.05) is 71.1 Å². The molecule has 0 fully saturated rings. The number of imidazole rings is 1. The number of carbonyl (C=O) groups excluding carboxylic acids is 1. The summed E-state index contributed by atoms with van der Waals surface area (Å²) in [6, 6.07) is 13.3. The number of hydrogen-bond acceptors (Lipinski definition) is 2. The standard InChI is InChI=1S/C17H16BrN3O/c1-2-20(17(22)13-6-5-7-14(18)10-13)12-15-11-19-16-8-3-4-9-21(15)16/h3-11H,2,12H2,1H3. The molecule has 0 radical (unpaired) electrons. The summed E-state index contributed by atoms with van der Waals surface area (Å²) in [5.41, 5.74) is 2.58. The van der Waals surface area contributed by atoms with Crippen molar-refractivity contribution in [1.29, 1.82) is 0 Å². The zero-order chi connectivity index (χ0) is 15.5. The molecular formula is C17H16BrN3O. The van der Waals surface area contributed by atoms with Crippen molar-refractivity contribution in [3.8, 4) is 0 Å². The average Bonchev–Trinajstić information content (AvgIpc) is 2.95. The lowest BCUT2D eigenvalue weighted by molar-refractivity contribution is 0.0750. The monoisotopic (exact) mass is 357 g/mol. The maximum absolute atomic E-state index is 12.7. The highest BCUT2D eigenvalue weighted by Crippen LogP contribution is 2.16. The molecule has 0 bridgehead atoms. The lowest BCUT2D eigenvalue weighted by Crippen LogP contribution is -2.30. The molecular weight excluding hydrogens is 342 g/mol. The molecule has 112 valence electrons. The molecule has 0 aliphatic heterocycles. The maximum Gasteiger partial charge on any atom is 0.254 e. The van der Waals surface area contributed by atoms with Gasteiger partial charge in [0, 0.05) is 22.8 Å². The van der Waals surface area contributed by atoms with Gasteiger partial charge in [-0.3, -0.25) is 4.79 Å². The average molecular weight is 358 g/mol. The van der Waals surface area contributed by atoms with E-state index in [0.717, 1.165) is 15.8 Å². The van der Waals surface area contributed by atoms with Gasteiger partial charge in [-0.2, -0.15) is 0 Å². The van der Waals surface area contributed by atoms with Crippen molar-refractivity contribution >= 4 is 27.5 Å². The summed E-state index contributed by atoms with van der Waals surface area (Å²) in [6.07, 6.45) is 3.79. The Labute approximate surface area is 137 Å². The van der Waals surface area contributed by atoms with Crippen LogP contribution in [0.3, 0.4) is 0 Å². The number of halogens is 1. The van der Waals surface area contributed by atoms with Crippen LogP contribution in [0.4, 0.5) is 0 Å². The second kappa shape index (κ2) is 6.32. The van der Waals surface area contributed by atoms with Gasteiger partial charge in [0.15, 0.2) is 0 Å². The number of benzene rings is 1. The largest absolute Gasteiger partial charge is 0.333 e. The van der Waals surface area contributed by atoms with Crippen LogP contribution in [0.1, 0.15) is 23.0 Å². The molecule has 0 saturated carbocycles. The minimum absolute atomic E-state index is 0.0229. The molecule has 4 nitrogen and oxygen atoms in total. The van der Waals surface area contributed by atoms with Gasteiger partial charge in [0.25, 0.3) is 5.91 Å². The molecule has 0 saturated heterocycles. The van der Waals surface area contributed by atoms with E-state index in [1.54, 1.807) is 0 Å².